The van der Waals surface area contributed by atoms with Crippen LogP contribution in [0.15, 0.2) is 24.3 Å². The van der Waals surface area contributed by atoms with Crippen LogP contribution in [-0.4, -0.2) is 15.0 Å². The summed E-state index contributed by atoms with van der Waals surface area (Å²) in [5, 5.41) is 8.64. The molecule has 0 bridgehead atoms. The number of hydrogen-bond acceptors (Lipinski definition) is 3. The molecule has 0 aliphatic heterocycles. The van der Waals surface area contributed by atoms with E-state index in [9.17, 15) is 8.42 Å². The van der Waals surface area contributed by atoms with E-state index in [1.54, 1.807) is 24.3 Å². The Morgan fingerprint density at radius 2 is 1.83 bits per heavy atom. The fourth-order valence-electron chi connectivity index (χ4n) is 1.20. The minimum Gasteiger partial charge on any atom is -0.202 e. The van der Waals surface area contributed by atoms with Crippen molar-refractivity contribution in [2.24, 2.45) is 5.92 Å². The highest BCUT2D eigenvalue weighted by molar-refractivity contribution is 7.87. The van der Waals surface area contributed by atoms with Crippen molar-refractivity contribution in [3.05, 3.63) is 35.4 Å². The fraction of sp³-hybridized carbons (Fsp3) is 0.417. The molecular weight excluding hydrogens is 250 g/mol. The number of benzene rings is 1. The highest BCUT2D eigenvalue weighted by Crippen LogP contribution is 2.03. The molecule has 1 aromatic carbocycles. The average Bonchev–Trinajstić information content (AvgIpc) is 2.35. The Morgan fingerprint density at radius 1 is 1.22 bits per heavy atom. The fourth-order valence-corrected chi connectivity index (χ4v) is 2.21. The van der Waals surface area contributed by atoms with Crippen molar-refractivity contribution in [1.82, 2.24) is 9.44 Å². The number of rotatable bonds is 6. The lowest BCUT2D eigenvalue weighted by atomic mass is 10.1. The smallest absolute Gasteiger partial charge is 0.202 e. The van der Waals surface area contributed by atoms with Crippen molar-refractivity contribution in [3.63, 3.8) is 0 Å². The van der Waals surface area contributed by atoms with Gasteiger partial charge in [-0.15, -0.1) is 0 Å². The van der Waals surface area contributed by atoms with Crippen LogP contribution >= 0.6 is 0 Å². The van der Waals surface area contributed by atoms with E-state index in [1.165, 1.54) is 0 Å². The van der Waals surface area contributed by atoms with Gasteiger partial charge in [-0.25, -0.2) is 4.72 Å². The molecule has 0 amide bonds. The van der Waals surface area contributed by atoms with Crippen LogP contribution in [0.4, 0.5) is 0 Å². The second-order valence-electron chi connectivity index (χ2n) is 4.38. The van der Waals surface area contributed by atoms with Crippen LogP contribution in [-0.2, 0) is 16.8 Å². The van der Waals surface area contributed by atoms with Crippen molar-refractivity contribution in [3.8, 4) is 6.07 Å². The minimum atomic E-state index is -3.46. The molecule has 5 nitrogen and oxygen atoms in total. The van der Waals surface area contributed by atoms with Crippen LogP contribution in [0, 0.1) is 17.2 Å². The minimum absolute atomic E-state index is 0.207. The highest BCUT2D eigenvalue weighted by Gasteiger charge is 2.09. The molecule has 2 N–H and O–H groups in total. The van der Waals surface area contributed by atoms with Crippen LogP contribution in [0.25, 0.3) is 0 Å². The van der Waals surface area contributed by atoms with Gasteiger partial charge in [-0.1, -0.05) is 26.0 Å². The second-order valence-corrected chi connectivity index (χ2v) is 5.96. The van der Waals surface area contributed by atoms with Gasteiger partial charge >= 0.3 is 0 Å². The number of nitriles is 1. The standard InChI is InChI=1S/C12H17N3O2S/c1-10(2)8-14-18(16,17)15-9-12-5-3-11(7-13)4-6-12/h3-6,10,14-15H,8-9H2,1-2H3. The third kappa shape index (κ3) is 5.27. The van der Waals surface area contributed by atoms with Gasteiger partial charge in [0, 0.05) is 13.1 Å². The van der Waals surface area contributed by atoms with E-state index in [2.05, 4.69) is 9.44 Å². The molecule has 0 heterocycles. The van der Waals surface area contributed by atoms with E-state index in [0.29, 0.717) is 12.1 Å². The first-order valence-corrected chi connectivity index (χ1v) is 7.14. The van der Waals surface area contributed by atoms with E-state index in [4.69, 9.17) is 5.26 Å². The van der Waals surface area contributed by atoms with Gasteiger partial charge in [0.1, 0.15) is 0 Å². The van der Waals surface area contributed by atoms with Crippen molar-refractivity contribution in [1.29, 1.82) is 5.26 Å². The first-order chi connectivity index (χ1) is 8.43. The Hall–Kier alpha value is -1.42. The molecule has 0 spiro atoms. The molecular formula is C12H17N3O2S. The summed E-state index contributed by atoms with van der Waals surface area (Å²) in [5.74, 6) is 0.261. The molecule has 1 aromatic rings. The lowest BCUT2D eigenvalue weighted by molar-refractivity contribution is 0.547. The van der Waals surface area contributed by atoms with Crippen molar-refractivity contribution in [2.75, 3.05) is 6.54 Å². The van der Waals surface area contributed by atoms with Gasteiger partial charge in [-0.3, -0.25) is 0 Å². The predicted molar refractivity (Wildman–Crippen MR) is 69.8 cm³/mol. The van der Waals surface area contributed by atoms with E-state index in [1.807, 2.05) is 19.9 Å². The molecule has 0 saturated heterocycles. The highest BCUT2D eigenvalue weighted by atomic mass is 32.2. The zero-order valence-corrected chi connectivity index (χ0v) is 11.3. The summed E-state index contributed by atoms with van der Waals surface area (Å²) in [4.78, 5) is 0. The summed E-state index contributed by atoms with van der Waals surface area (Å²) < 4.78 is 28.0. The lowest BCUT2D eigenvalue weighted by Gasteiger charge is -2.09. The zero-order valence-electron chi connectivity index (χ0n) is 10.5. The maximum Gasteiger partial charge on any atom is 0.277 e. The van der Waals surface area contributed by atoms with Gasteiger partial charge in [-0.2, -0.15) is 18.4 Å². The molecule has 0 radical (unpaired) electrons. The quantitative estimate of drug-likeness (QED) is 0.810. The third-order valence-corrected chi connectivity index (χ3v) is 3.30. The van der Waals surface area contributed by atoms with Crippen molar-refractivity contribution >= 4 is 10.2 Å². The lowest BCUT2D eigenvalue weighted by Crippen LogP contribution is -2.37. The number of nitrogens with zero attached hydrogens (tertiary/aromatic N) is 1. The van der Waals surface area contributed by atoms with E-state index in [-0.39, 0.29) is 12.5 Å². The molecule has 0 aromatic heterocycles. The summed E-state index contributed by atoms with van der Waals surface area (Å²) in [7, 11) is -3.46. The molecule has 0 fully saturated rings. The van der Waals surface area contributed by atoms with Gasteiger partial charge in [-0.05, 0) is 23.6 Å². The van der Waals surface area contributed by atoms with Crippen LogP contribution in [0.5, 0.6) is 0 Å². The van der Waals surface area contributed by atoms with E-state index in [0.717, 1.165) is 5.56 Å². The molecule has 0 unspecified atom stereocenters. The summed E-state index contributed by atoms with van der Waals surface area (Å²) in [5.41, 5.74) is 1.36. The largest absolute Gasteiger partial charge is 0.277 e. The Kier molecular flexibility index (Phi) is 5.28. The molecule has 1 rings (SSSR count). The SMILES string of the molecule is CC(C)CNS(=O)(=O)NCc1ccc(C#N)cc1. The van der Waals surface area contributed by atoms with Gasteiger partial charge in [0.05, 0.1) is 11.6 Å². The normalized spacial score (nSPS) is 11.4. The van der Waals surface area contributed by atoms with Crippen molar-refractivity contribution < 1.29 is 8.42 Å². The Morgan fingerprint density at radius 3 is 2.33 bits per heavy atom. The summed E-state index contributed by atoms with van der Waals surface area (Å²) in [6.07, 6.45) is 0. The first kappa shape index (κ1) is 14.6. The molecule has 98 valence electrons. The molecule has 0 saturated carbocycles. The maximum atomic E-state index is 11.6. The summed E-state index contributed by atoms with van der Waals surface area (Å²) >= 11 is 0. The summed E-state index contributed by atoms with van der Waals surface area (Å²) in [6, 6.07) is 8.78. The average molecular weight is 267 g/mol. The molecule has 0 aliphatic rings. The second kappa shape index (κ2) is 6.50. The van der Waals surface area contributed by atoms with Crippen molar-refractivity contribution in [2.45, 2.75) is 20.4 Å². The van der Waals surface area contributed by atoms with Crippen LogP contribution < -0.4 is 9.44 Å². The third-order valence-electron chi connectivity index (χ3n) is 2.23. The van der Waals surface area contributed by atoms with E-state index >= 15 is 0 Å². The molecule has 0 atom stereocenters. The first-order valence-electron chi connectivity index (χ1n) is 5.66. The van der Waals surface area contributed by atoms with Gasteiger partial charge in [0.2, 0.25) is 0 Å². The number of hydrogen-bond donors (Lipinski definition) is 2. The van der Waals surface area contributed by atoms with Gasteiger partial charge < -0.3 is 0 Å². The van der Waals surface area contributed by atoms with Crippen LogP contribution in [0.1, 0.15) is 25.0 Å². The monoisotopic (exact) mass is 267 g/mol. The zero-order chi connectivity index (χ0) is 13.6. The molecule has 18 heavy (non-hydrogen) atoms. The predicted octanol–water partition coefficient (Wildman–Crippen LogP) is 1.14. The summed E-state index contributed by atoms with van der Waals surface area (Å²) in [6.45, 7) is 4.48. The van der Waals surface area contributed by atoms with Crippen LogP contribution in [0.2, 0.25) is 0 Å². The number of nitrogens with one attached hydrogen (secondary N) is 2. The maximum absolute atomic E-state index is 11.6. The molecule has 0 aliphatic carbocycles. The Bertz CT molecular complexity index is 515. The molecule has 6 heteroatoms. The van der Waals surface area contributed by atoms with E-state index < -0.39 is 10.2 Å². The Labute approximate surface area is 108 Å². The van der Waals surface area contributed by atoms with Gasteiger partial charge in [0.15, 0.2) is 0 Å². The topological polar surface area (TPSA) is 82.0 Å². The van der Waals surface area contributed by atoms with Gasteiger partial charge in [0.25, 0.3) is 10.2 Å². The van der Waals surface area contributed by atoms with Crippen LogP contribution in [0.3, 0.4) is 0 Å². The Balaban J connectivity index is 2.51.